The van der Waals surface area contributed by atoms with E-state index in [0.29, 0.717) is 34.7 Å². The first-order chi connectivity index (χ1) is 16.5. The molecule has 4 rings (SSSR count). The smallest absolute Gasteiger partial charge is 0.254 e. The number of nitrogens with one attached hydrogen (secondary N) is 2. The molecule has 34 heavy (non-hydrogen) atoms. The molecule has 0 bridgehead atoms. The number of carbonyl (C=O) groups excluding carboxylic acids is 1. The zero-order valence-electron chi connectivity index (χ0n) is 18.7. The summed E-state index contributed by atoms with van der Waals surface area (Å²) in [7, 11) is 1.47. The van der Waals surface area contributed by atoms with Crippen LogP contribution in [0.15, 0.2) is 55.1 Å². The number of amides is 1. The first-order valence-electron chi connectivity index (χ1n) is 10.7. The molecule has 4 aromatic rings. The second-order valence-electron chi connectivity index (χ2n) is 7.75. The first kappa shape index (κ1) is 22.7. The molecule has 0 saturated heterocycles. The number of benzene rings is 1. The van der Waals surface area contributed by atoms with E-state index >= 15 is 0 Å². The van der Waals surface area contributed by atoms with Crippen molar-refractivity contribution in [3.63, 3.8) is 0 Å². The lowest BCUT2D eigenvalue weighted by Crippen LogP contribution is -2.20. The van der Waals surface area contributed by atoms with Gasteiger partial charge in [0.25, 0.3) is 5.91 Å². The lowest BCUT2D eigenvalue weighted by molar-refractivity contribution is 0.0960. The Morgan fingerprint density at radius 2 is 2.00 bits per heavy atom. The molecule has 0 fully saturated rings. The summed E-state index contributed by atoms with van der Waals surface area (Å²) >= 11 is 0. The summed E-state index contributed by atoms with van der Waals surface area (Å²) in [5.74, 6) is -0.360. The molecule has 0 saturated carbocycles. The third-order valence-electron chi connectivity index (χ3n) is 5.59. The summed E-state index contributed by atoms with van der Waals surface area (Å²) in [6.07, 6.45) is 4.94. The van der Waals surface area contributed by atoms with Crippen LogP contribution in [0.3, 0.4) is 0 Å². The van der Waals surface area contributed by atoms with Gasteiger partial charge in [0.1, 0.15) is 23.9 Å². The lowest BCUT2D eigenvalue weighted by Gasteiger charge is -2.16. The van der Waals surface area contributed by atoms with Crippen LogP contribution in [-0.2, 0) is 0 Å². The summed E-state index contributed by atoms with van der Waals surface area (Å²) in [4.78, 5) is 29.1. The Hall–Kier alpha value is -4.45. The minimum absolute atomic E-state index is 0.00508. The summed E-state index contributed by atoms with van der Waals surface area (Å²) in [6, 6.07) is 12.7. The number of pyridine rings is 2. The predicted octanol–water partition coefficient (Wildman–Crippen LogP) is 4.06. The van der Waals surface area contributed by atoms with Gasteiger partial charge in [0, 0.05) is 36.8 Å². The number of nitriles is 1. The van der Waals surface area contributed by atoms with Gasteiger partial charge >= 0.3 is 0 Å². The Balaban J connectivity index is 1.48. The second kappa shape index (κ2) is 10.0. The highest BCUT2D eigenvalue weighted by atomic mass is 19.1. The Kier molecular flexibility index (Phi) is 6.69. The van der Waals surface area contributed by atoms with Crippen LogP contribution in [0.5, 0.6) is 0 Å². The molecule has 3 aromatic heterocycles. The fourth-order valence-corrected chi connectivity index (χ4v) is 3.77. The Bertz CT molecular complexity index is 1380. The van der Waals surface area contributed by atoms with Gasteiger partial charge < -0.3 is 10.6 Å². The van der Waals surface area contributed by atoms with Crippen LogP contribution in [0.1, 0.15) is 40.9 Å². The standard InChI is InChI=1S/C25H22FN7O/c1-15(18-4-3-5-19-23(25(34)28-2)20(26)13-31-24(18)19)8-9-29-22-10-21(32-14-33-22)16-6-7-17(11-27)30-12-16/h3-7,10,12-15H,8-9H2,1-2H3,(H,28,34)(H,29,32,33). The van der Waals surface area contributed by atoms with E-state index in [0.717, 1.165) is 23.7 Å². The number of aromatic nitrogens is 4. The van der Waals surface area contributed by atoms with Crippen molar-refractivity contribution in [2.45, 2.75) is 19.3 Å². The number of rotatable bonds is 7. The topological polar surface area (TPSA) is 116 Å². The number of anilines is 1. The van der Waals surface area contributed by atoms with Crippen LogP contribution < -0.4 is 10.6 Å². The average molecular weight is 455 g/mol. The molecule has 0 aliphatic heterocycles. The van der Waals surface area contributed by atoms with Gasteiger partial charge in [-0.05, 0) is 30.0 Å². The fraction of sp³-hybridized carbons (Fsp3) is 0.200. The molecular formula is C25H22FN7O. The minimum Gasteiger partial charge on any atom is -0.370 e. The molecule has 0 spiro atoms. The molecule has 8 nitrogen and oxygen atoms in total. The van der Waals surface area contributed by atoms with Crippen LogP contribution in [0.2, 0.25) is 0 Å². The molecule has 2 N–H and O–H groups in total. The summed E-state index contributed by atoms with van der Waals surface area (Å²) in [5, 5.41) is 15.2. The summed E-state index contributed by atoms with van der Waals surface area (Å²) in [5.41, 5.74) is 3.40. The molecular weight excluding hydrogens is 433 g/mol. The number of para-hydroxylation sites is 1. The minimum atomic E-state index is -0.643. The number of halogens is 1. The maximum Gasteiger partial charge on any atom is 0.254 e. The molecule has 0 aliphatic rings. The van der Waals surface area contributed by atoms with E-state index in [1.165, 1.54) is 13.4 Å². The Morgan fingerprint density at radius 1 is 1.15 bits per heavy atom. The molecule has 9 heteroatoms. The number of carbonyl (C=O) groups is 1. The average Bonchev–Trinajstić information content (AvgIpc) is 2.88. The molecule has 0 aliphatic carbocycles. The zero-order chi connectivity index (χ0) is 24.1. The Morgan fingerprint density at radius 3 is 2.74 bits per heavy atom. The highest BCUT2D eigenvalue weighted by molar-refractivity contribution is 6.06. The number of hydrogen-bond acceptors (Lipinski definition) is 7. The third-order valence-corrected chi connectivity index (χ3v) is 5.59. The van der Waals surface area contributed by atoms with Gasteiger partial charge in [-0.2, -0.15) is 5.26 Å². The van der Waals surface area contributed by atoms with E-state index in [1.807, 2.05) is 24.3 Å². The van der Waals surface area contributed by atoms with E-state index in [1.54, 1.807) is 24.4 Å². The monoisotopic (exact) mass is 455 g/mol. The lowest BCUT2D eigenvalue weighted by atomic mass is 9.93. The predicted molar refractivity (Wildman–Crippen MR) is 127 cm³/mol. The van der Waals surface area contributed by atoms with E-state index in [9.17, 15) is 9.18 Å². The van der Waals surface area contributed by atoms with Crippen molar-refractivity contribution in [2.75, 3.05) is 18.9 Å². The van der Waals surface area contributed by atoms with Gasteiger partial charge in [-0.25, -0.2) is 19.3 Å². The number of hydrogen-bond donors (Lipinski definition) is 2. The van der Waals surface area contributed by atoms with Crippen molar-refractivity contribution in [3.05, 3.63) is 77.8 Å². The highest BCUT2D eigenvalue weighted by Crippen LogP contribution is 2.29. The molecule has 1 atom stereocenters. The van der Waals surface area contributed by atoms with Crippen molar-refractivity contribution in [2.24, 2.45) is 0 Å². The highest BCUT2D eigenvalue weighted by Gasteiger charge is 2.19. The zero-order valence-corrected chi connectivity index (χ0v) is 18.7. The van der Waals surface area contributed by atoms with Crippen LogP contribution >= 0.6 is 0 Å². The van der Waals surface area contributed by atoms with Crippen LogP contribution in [-0.4, -0.2) is 39.4 Å². The maximum absolute atomic E-state index is 14.3. The molecule has 1 unspecified atom stereocenters. The second-order valence-corrected chi connectivity index (χ2v) is 7.75. The van der Waals surface area contributed by atoms with Crippen molar-refractivity contribution in [3.8, 4) is 17.3 Å². The maximum atomic E-state index is 14.3. The Labute approximate surface area is 195 Å². The van der Waals surface area contributed by atoms with Crippen LogP contribution in [0, 0.1) is 17.1 Å². The molecule has 1 aromatic carbocycles. The van der Waals surface area contributed by atoms with Crippen LogP contribution in [0.25, 0.3) is 22.2 Å². The van der Waals surface area contributed by atoms with Crippen molar-refractivity contribution in [1.29, 1.82) is 5.26 Å². The van der Waals surface area contributed by atoms with E-state index in [-0.39, 0.29) is 11.5 Å². The van der Waals surface area contributed by atoms with Gasteiger partial charge in [0.2, 0.25) is 0 Å². The van der Waals surface area contributed by atoms with E-state index < -0.39 is 11.7 Å². The quantitative estimate of drug-likeness (QED) is 0.432. The largest absolute Gasteiger partial charge is 0.370 e. The van der Waals surface area contributed by atoms with Crippen LogP contribution in [0.4, 0.5) is 10.2 Å². The van der Waals surface area contributed by atoms with Gasteiger partial charge in [0.15, 0.2) is 5.82 Å². The van der Waals surface area contributed by atoms with Gasteiger partial charge in [-0.3, -0.25) is 9.78 Å². The molecule has 170 valence electrons. The fourth-order valence-electron chi connectivity index (χ4n) is 3.77. The molecule has 1 amide bonds. The van der Waals surface area contributed by atoms with Gasteiger partial charge in [-0.1, -0.05) is 25.1 Å². The van der Waals surface area contributed by atoms with E-state index in [2.05, 4.69) is 37.5 Å². The van der Waals surface area contributed by atoms with Crippen molar-refractivity contribution in [1.82, 2.24) is 25.3 Å². The SMILES string of the molecule is CNC(=O)c1c(F)cnc2c(C(C)CCNc3cc(-c4ccc(C#N)nc4)ncn3)cccc12. The van der Waals surface area contributed by atoms with Gasteiger partial charge in [0.05, 0.1) is 23.0 Å². The normalized spacial score (nSPS) is 11.6. The number of fused-ring (bicyclic) bond motifs is 1. The van der Waals surface area contributed by atoms with Gasteiger partial charge in [-0.15, -0.1) is 0 Å². The number of nitrogens with zero attached hydrogens (tertiary/aromatic N) is 5. The molecule has 3 heterocycles. The van der Waals surface area contributed by atoms with Crippen molar-refractivity contribution >= 4 is 22.6 Å². The summed E-state index contributed by atoms with van der Waals surface area (Å²) in [6.45, 7) is 2.69. The van der Waals surface area contributed by atoms with E-state index in [4.69, 9.17) is 5.26 Å². The van der Waals surface area contributed by atoms with Crippen molar-refractivity contribution < 1.29 is 9.18 Å². The molecule has 0 radical (unpaired) electrons. The third kappa shape index (κ3) is 4.66. The summed E-state index contributed by atoms with van der Waals surface area (Å²) < 4.78 is 14.3. The first-order valence-corrected chi connectivity index (χ1v) is 10.7.